The summed E-state index contributed by atoms with van der Waals surface area (Å²) in [5.41, 5.74) is 4.07. The van der Waals surface area contributed by atoms with E-state index in [9.17, 15) is 4.79 Å². The lowest BCUT2D eigenvalue weighted by Gasteiger charge is -2.23. The number of amides is 1. The van der Waals surface area contributed by atoms with E-state index in [1.165, 1.54) is 24.8 Å². The number of hydrogen-bond donors (Lipinski definition) is 2. The quantitative estimate of drug-likeness (QED) is 0.726. The Hall–Kier alpha value is -2.56. The first-order chi connectivity index (χ1) is 12.1. The van der Waals surface area contributed by atoms with Crippen LogP contribution in [0.15, 0.2) is 30.5 Å². The van der Waals surface area contributed by atoms with Crippen molar-refractivity contribution in [1.29, 1.82) is 0 Å². The lowest BCUT2D eigenvalue weighted by atomic mass is 9.96. The second-order valence-corrected chi connectivity index (χ2v) is 7.04. The molecular weight excluding hydrogens is 312 g/mol. The van der Waals surface area contributed by atoms with Crippen molar-refractivity contribution in [2.45, 2.75) is 52.0 Å². The first-order valence-electron chi connectivity index (χ1n) is 9.07. The lowest BCUT2D eigenvalue weighted by molar-refractivity contribution is 0.102. The Balaban J connectivity index is 1.58. The van der Waals surface area contributed by atoms with E-state index >= 15 is 0 Å². The first-order valence-corrected chi connectivity index (χ1v) is 9.07. The van der Waals surface area contributed by atoms with E-state index in [0.717, 1.165) is 35.3 Å². The molecule has 2 heterocycles. The van der Waals surface area contributed by atoms with Gasteiger partial charge < -0.3 is 10.3 Å². The molecule has 2 aromatic heterocycles. The van der Waals surface area contributed by atoms with Crippen molar-refractivity contribution >= 4 is 22.6 Å². The highest BCUT2D eigenvalue weighted by atomic mass is 16.1. The van der Waals surface area contributed by atoms with E-state index in [2.05, 4.69) is 29.2 Å². The molecule has 0 bridgehead atoms. The minimum absolute atomic E-state index is 0.0855. The van der Waals surface area contributed by atoms with Gasteiger partial charge in [0, 0.05) is 28.2 Å². The molecule has 1 saturated carbocycles. The van der Waals surface area contributed by atoms with Crippen molar-refractivity contribution in [2.24, 2.45) is 0 Å². The van der Waals surface area contributed by atoms with Gasteiger partial charge in [0.15, 0.2) is 0 Å². The van der Waals surface area contributed by atoms with Gasteiger partial charge in [-0.3, -0.25) is 4.79 Å². The highest BCUT2D eigenvalue weighted by Gasteiger charge is 2.19. The Morgan fingerprint density at radius 3 is 2.80 bits per heavy atom. The highest BCUT2D eigenvalue weighted by molar-refractivity contribution is 6.06. The molecule has 1 aromatic carbocycles. The Labute approximate surface area is 147 Å². The number of aromatic amines is 1. The Morgan fingerprint density at radius 1 is 1.20 bits per heavy atom. The number of rotatable bonds is 3. The minimum Gasteiger partial charge on any atom is -0.358 e. The van der Waals surface area contributed by atoms with Crippen LogP contribution >= 0.6 is 0 Å². The third-order valence-electron chi connectivity index (χ3n) is 5.40. The van der Waals surface area contributed by atoms with Crippen LogP contribution in [-0.4, -0.2) is 20.7 Å². The molecule has 25 heavy (non-hydrogen) atoms. The van der Waals surface area contributed by atoms with Crippen molar-refractivity contribution < 1.29 is 4.79 Å². The van der Waals surface area contributed by atoms with Gasteiger partial charge in [0.05, 0.1) is 12.2 Å². The predicted octanol–water partition coefficient (Wildman–Crippen LogP) is 4.74. The molecule has 1 amide bonds. The second kappa shape index (κ2) is 6.39. The average Bonchev–Trinajstić information content (AvgIpc) is 3.20. The summed E-state index contributed by atoms with van der Waals surface area (Å²) in [6.07, 6.45) is 7.82. The summed E-state index contributed by atoms with van der Waals surface area (Å²) in [4.78, 5) is 16.1. The molecule has 130 valence electrons. The summed E-state index contributed by atoms with van der Waals surface area (Å²) in [7, 11) is 0. The summed E-state index contributed by atoms with van der Waals surface area (Å²) in [5.74, 6) is 0.705. The molecule has 1 fully saturated rings. The Kier molecular flexibility index (Phi) is 4.07. The van der Waals surface area contributed by atoms with Crippen LogP contribution in [0.4, 0.5) is 5.82 Å². The van der Waals surface area contributed by atoms with Crippen molar-refractivity contribution in [2.75, 3.05) is 5.32 Å². The van der Waals surface area contributed by atoms with Gasteiger partial charge in [0.2, 0.25) is 0 Å². The molecule has 4 rings (SSSR count). The number of anilines is 1. The van der Waals surface area contributed by atoms with Crippen LogP contribution in [0.25, 0.3) is 10.9 Å². The van der Waals surface area contributed by atoms with Gasteiger partial charge in [-0.05, 0) is 50.5 Å². The van der Waals surface area contributed by atoms with Gasteiger partial charge in [-0.1, -0.05) is 19.3 Å². The number of carbonyl (C=O) groups is 1. The number of nitrogens with one attached hydrogen (secondary N) is 2. The third-order valence-corrected chi connectivity index (χ3v) is 5.40. The molecule has 5 nitrogen and oxygen atoms in total. The van der Waals surface area contributed by atoms with Crippen LogP contribution in [0.2, 0.25) is 0 Å². The van der Waals surface area contributed by atoms with E-state index in [0.29, 0.717) is 11.6 Å². The van der Waals surface area contributed by atoms with Gasteiger partial charge in [-0.15, -0.1) is 0 Å². The number of fused-ring (bicyclic) bond motifs is 1. The summed E-state index contributed by atoms with van der Waals surface area (Å²) in [5, 5.41) is 8.60. The SMILES string of the molecule is Cc1[nH]c2ccc(C(=O)Nc3ccnn3C3CCCCC3)cc2c1C. The molecule has 5 heteroatoms. The van der Waals surface area contributed by atoms with E-state index in [1.807, 2.05) is 28.9 Å². The maximum atomic E-state index is 12.7. The van der Waals surface area contributed by atoms with Gasteiger partial charge in [-0.25, -0.2) is 4.68 Å². The molecule has 1 aliphatic rings. The molecule has 0 unspecified atom stereocenters. The van der Waals surface area contributed by atoms with E-state index in [-0.39, 0.29) is 5.91 Å². The fourth-order valence-electron chi connectivity index (χ4n) is 3.82. The minimum atomic E-state index is -0.0855. The van der Waals surface area contributed by atoms with E-state index in [1.54, 1.807) is 6.20 Å². The Morgan fingerprint density at radius 2 is 2.00 bits per heavy atom. The molecule has 0 spiro atoms. The zero-order valence-corrected chi connectivity index (χ0v) is 14.8. The van der Waals surface area contributed by atoms with Crippen molar-refractivity contribution in [3.05, 3.63) is 47.3 Å². The molecule has 3 aromatic rings. The largest absolute Gasteiger partial charge is 0.358 e. The summed E-state index contributed by atoms with van der Waals surface area (Å²) < 4.78 is 1.99. The molecule has 0 saturated heterocycles. The maximum Gasteiger partial charge on any atom is 0.256 e. The van der Waals surface area contributed by atoms with E-state index in [4.69, 9.17) is 0 Å². The molecule has 2 N–H and O–H groups in total. The Bertz CT molecular complexity index is 915. The maximum absolute atomic E-state index is 12.7. The number of hydrogen-bond acceptors (Lipinski definition) is 2. The monoisotopic (exact) mass is 336 g/mol. The fourth-order valence-corrected chi connectivity index (χ4v) is 3.82. The van der Waals surface area contributed by atoms with Crippen molar-refractivity contribution in [3.63, 3.8) is 0 Å². The number of carbonyl (C=O) groups excluding carboxylic acids is 1. The van der Waals surface area contributed by atoms with Gasteiger partial charge >= 0.3 is 0 Å². The van der Waals surface area contributed by atoms with Crippen molar-refractivity contribution in [3.8, 4) is 0 Å². The third kappa shape index (κ3) is 2.95. The zero-order chi connectivity index (χ0) is 17.4. The van der Waals surface area contributed by atoms with Crippen LogP contribution in [-0.2, 0) is 0 Å². The molecule has 0 radical (unpaired) electrons. The number of aryl methyl sites for hydroxylation is 2. The fraction of sp³-hybridized carbons (Fsp3) is 0.400. The second-order valence-electron chi connectivity index (χ2n) is 7.04. The van der Waals surface area contributed by atoms with Crippen LogP contribution in [0, 0.1) is 13.8 Å². The van der Waals surface area contributed by atoms with Gasteiger partial charge in [-0.2, -0.15) is 5.10 Å². The first kappa shape index (κ1) is 15.9. The number of H-pyrrole nitrogens is 1. The smallest absolute Gasteiger partial charge is 0.256 e. The standard InChI is InChI=1S/C20H24N4O/c1-13-14(2)22-18-9-8-15(12-17(13)18)20(25)23-19-10-11-21-24(19)16-6-4-3-5-7-16/h8-12,16,22H,3-7H2,1-2H3,(H,23,25). The molecular formula is C20H24N4O. The van der Waals surface area contributed by atoms with Gasteiger partial charge in [0.1, 0.15) is 5.82 Å². The number of aromatic nitrogens is 3. The summed E-state index contributed by atoms with van der Waals surface area (Å²) in [6.45, 7) is 4.13. The van der Waals surface area contributed by atoms with E-state index < -0.39 is 0 Å². The topological polar surface area (TPSA) is 62.7 Å². The van der Waals surface area contributed by atoms with Crippen LogP contribution in [0.1, 0.15) is 59.8 Å². The lowest BCUT2D eigenvalue weighted by Crippen LogP contribution is -2.20. The number of nitrogens with zero attached hydrogens (tertiary/aromatic N) is 2. The molecule has 0 atom stereocenters. The number of benzene rings is 1. The van der Waals surface area contributed by atoms with Crippen molar-refractivity contribution in [1.82, 2.24) is 14.8 Å². The van der Waals surface area contributed by atoms with Crippen LogP contribution in [0.3, 0.4) is 0 Å². The highest BCUT2D eigenvalue weighted by Crippen LogP contribution is 2.30. The molecule has 0 aliphatic heterocycles. The average molecular weight is 336 g/mol. The summed E-state index contributed by atoms with van der Waals surface area (Å²) in [6, 6.07) is 8.09. The van der Waals surface area contributed by atoms with Crippen LogP contribution in [0.5, 0.6) is 0 Å². The van der Waals surface area contributed by atoms with Gasteiger partial charge in [0.25, 0.3) is 5.91 Å². The summed E-state index contributed by atoms with van der Waals surface area (Å²) >= 11 is 0. The zero-order valence-electron chi connectivity index (χ0n) is 14.8. The van der Waals surface area contributed by atoms with Crippen LogP contribution < -0.4 is 5.32 Å². The normalized spacial score (nSPS) is 15.6. The predicted molar refractivity (Wildman–Crippen MR) is 100 cm³/mol. The molecule has 1 aliphatic carbocycles.